The number of aryl methyl sites for hydroxylation is 3. The van der Waals surface area contributed by atoms with E-state index >= 15 is 0 Å². The summed E-state index contributed by atoms with van der Waals surface area (Å²) in [6.07, 6.45) is 3.69. The van der Waals surface area contributed by atoms with Crippen molar-refractivity contribution in [2.45, 2.75) is 32.9 Å². The van der Waals surface area contributed by atoms with E-state index in [0.29, 0.717) is 16.5 Å². The van der Waals surface area contributed by atoms with Gasteiger partial charge in [0.25, 0.3) is 0 Å². The van der Waals surface area contributed by atoms with E-state index in [9.17, 15) is 5.11 Å². The first-order valence-corrected chi connectivity index (χ1v) is 6.32. The maximum Gasteiger partial charge on any atom is 0.142 e. The molecule has 0 saturated carbocycles. The fraction of sp³-hybridized carbons (Fsp3) is 0.500. The van der Waals surface area contributed by atoms with E-state index in [1.807, 2.05) is 17.7 Å². The SMILES string of the molecule is CCCn1ccnc1C(O)c1c(C)nn(C)c1Cl. The van der Waals surface area contributed by atoms with Crippen LogP contribution < -0.4 is 0 Å². The highest BCUT2D eigenvalue weighted by Crippen LogP contribution is 2.29. The second-order valence-corrected chi connectivity index (χ2v) is 4.65. The minimum atomic E-state index is -0.840. The molecule has 0 radical (unpaired) electrons. The molecule has 0 amide bonds. The van der Waals surface area contributed by atoms with Crippen LogP contribution in [0.5, 0.6) is 0 Å². The molecule has 2 heterocycles. The predicted molar refractivity (Wildman–Crippen MR) is 69.5 cm³/mol. The Hall–Kier alpha value is -1.33. The molecule has 1 N–H and O–H groups in total. The van der Waals surface area contributed by atoms with E-state index in [-0.39, 0.29) is 0 Å². The molecule has 0 aromatic carbocycles. The Morgan fingerprint density at radius 3 is 2.78 bits per heavy atom. The molecule has 0 saturated heterocycles. The third-order valence-electron chi connectivity index (χ3n) is 2.93. The summed E-state index contributed by atoms with van der Waals surface area (Å²) >= 11 is 6.16. The van der Waals surface area contributed by atoms with E-state index in [4.69, 9.17) is 11.6 Å². The third kappa shape index (κ3) is 2.15. The molecule has 18 heavy (non-hydrogen) atoms. The zero-order chi connectivity index (χ0) is 13.3. The van der Waals surface area contributed by atoms with Crippen molar-refractivity contribution in [1.29, 1.82) is 0 Å². The molecule has 5 nitrogen and oxygen atoms in total. The number of rotatable bonds is 4. The molecule has 2 rings (SSSR count). The molecule has 0 fully saturated rings. The number of nitrogens with zero attached hydrogens (tertiary/aromatic N) is 4. The molecule has 1 unspecified atom stereocenters. The van der Waals surface area contributed by atoms with Gasteiger partial charge in [0.15, 0.2) is 0 Å². The maximum atomic E-state index is 10.4. The number of aliphatic hydroxyl groups excluding tert-OH is 1. The molecule has 98 valence electrons. The normalized spacial score (nSPS) is 12.9. The highest BCUT2D eigenvalue weighted by atomic mass is 35.5. The van der Waals surface area contributed by atoms with Gasteiger partial charge >= 0.3 is 0 Å². The molecular weight excluding hydrogens is 252 g/mol. The van der Waals surface area contributed by atoms with E-state index < -0.39 is 6.10 Å². The summed E-state index contributed by atoms with van der Waals surface area (Å²) in [6.45, 7) is 4.74. The van der Waals surface area contributed by atoms with E-state index in [1.165, 1.54) is 0 Å². The number of aliphatic hydroxyl groups is 1. The summed E-state index contributed by atoms with van der Waals surface area (Å²) in [4.78, 5) is 4.22. The van der Waals surface area contributed by atoms with Crippen LogP contribution in [0.25, 0.3) is 0 Å². The van der Waals surface area contributed by atoms with Gasteiger partial charge < -0.3 is 9.67 Å². The zero-order valence-corrected chi connectivity index (χ0v) is 11.5. The molecule has 0 spiro atoms. The van der Waals surface area contributed by atoms with Gasteiger partial charge in [-0.2, -0.15) is 5.10 Å². The molecule has 0 aliphatic rings. The Balaban J connectivity index is 2.41. The summed E-state index contributed by atoms with van der Waals surface area (Å²) in [5.74, 6) is 0.606. The average Bonchev–Trinajstić information content (AvgIpc) is 2.86. The Morgan fingerprint density at radius 2 is 2.22 bits per heavy atom. The first-order chi connectivity index (χ1) is 8.56. The van der Waals surface area contributed by atoms with Crippen LogP contribution in [-0.2, 0) is 13.6 Å². The lowest BCUT2D eigenvalue weighted by atomic mass is 10.1. The number of hydrogen-bond donors (Lipinski definition) is 1. The van der Waals surface area contributed by atoms with Gasteiger partial charge in [-0.1, -0.05) is 18.5 Å². The summed E-state index contributed by atoms with van der Waals surface area (Å²) in [5.41, 5.74) is 1.35. The number of hydrogen-bond acceptors (Lipinski definition) is 3. The summed E-state index contributed by atoms with van der Waals surface area (Å²) in [7, 11) is 1.75. The van der Waals surface area contributed by atoms with Gasteiger partial charge in [0.2, 0.25) is 0 Å². The average molecular weight is 269 g/mol. The number of aromatic nitrogens is 4. The molecule has 1 atom stereocenters. The second kappa shape index (κ2) is 5.12. The van der Waals surface area contributed by atoms with Crippen LogP contribution in [0.3, 0.4) is 0 Å². The Kier molecular flexibility index (Phi) is 3.73. The first-order valence-electron chi connectivity index (χ1n) is 5.94. The van der Waals surface area contributed by atoms with Crippen molar-refractivity contribution in [3.05, 3.63) is 34.6 Å². The minimum Gasteiger partial charge on any atom is -0.380 e. The molecule has 2 aromatic heterocycles. The fourth-order valence-corrected chi connectivity index (χ4v) is 2.36. The zero-order valence-electron chi connectivity index (χ0n) is 10.8. The van der Waals surface area contributed by atoms with Gasteiger partial charge in [0.1, 0.15) is 17.1 Å². The highest BCUT2D eigenvalue weighted by Gasteiger charge is 2.24. The monoisotopic (exact) mass is 268 g/mol. The van der Waals surface area contributed by atoms with E-state index in [1.54, 1.807) is 17.9 Å². The predicted octanol–water partition coefficient (Wildman–Crippen LogP) is 2.07. The molecule has 0 bridgehead atoms. The lowest BCUT2D eigenvalue weighted by Gasteiger charge is -2.12. The topological polar surface area (TPSA) is 55.9 Å². The van der Waals surface area contributed by atoms with Crippen molar-refractivity contribution in [3.8, 4) is 0 Å². The molecule has 0 aliphatic heterocycles. The summed E-state index contributed by atoms with van der Waals surface area (Å²) in [5, 5.41) is 15.1. The van der Waals surface area contributed by atoms with Crippen LogP contribution in [0.4, 0.5) is 0 Å². The summed E-state index contributed by atoms with van der Waals surface area (Å²) in [6, 6.07) is 0. The van der Waals surface area contributed by atoms with Crippen molar-refractivity contribution < 1.29 is 5.11 Å². The van der Waals surface area contributed by atoms with Crippen LogP contribution in [-0.4, -0.2) is 24.4 Å². The summed E-state index contributed by atoms with van der Waals surface area (Å²) < 4.78 is 3.50. The standard InChI is InChI=1S/C12H17ClN4O/c1-4-6-17-7-5-14-12(17)10(18)9-8(2)15-16(3)11(9)13/h5,7,10,18H,4,6H2,1-3H3. The van der Waals surface area contributed by atoms with Gasteiger partial charge in [-0.05, 0) is 13.3 Å². The molecule has 6 heteroatoms. The fourth-order valence-electron chi connectivity index (χ4n) is 2.08. The van der Waals surface area contributed by atoms with Crippen LogP contribution in [0.15, 0.2) is 12.4 Å². The molecule has 0 aliphatic carbocycles. The minimum absolute atomic E-state index is 0.450. The lowest BCUT2D eigenvalue weighted by molar-refractivity contribution is 0.203. The van der Waals surface area contributed by atoms with Gasteiger partial charge in [-0.25, -0.2) is 4.98 Å². The van der Waals surface area contributed by atoms with Gasteiger partial charge in [0, 0.05) is 31.5 Å². The van der Waals surface area contributed by atoms with Crippen molar-refractivity contribution >= 4 is 11.6 Å². The van der Waals surface area contributed by atoms with Gasteiger partial charge in [0.05, 0.1) is 5.69 Å². The van der Waals surface area contributed by atoms with Crippen LogP contribution in [0.2, 0.25) is 5.15 Å². The molecular formula is C12H17ClN4O. The number of imidazole rings is 1. The highest BCUT2D eigenvalue weighted by molar-refractivity contribution is 6.30. The van der Waals surface area contributed by atoms with Crippen molar-refractivity contribution in [2.75, 3.05) is 0 Å². The first kappa shape index (κ1) is 13.1. The smallest absolute Gasteiger partial charge is 0.142 e. The number of halogens is 1. The molecule has 2 aromatic rings. The van der Waals surface area contributed by atoms with Crippen molar-refractivity contribution in [2.24, 2.45) is 7.05 Å². The van der Waals surface area contributed by atoms with Gasteiger partial charge in [-0.3, -0.25) is 4.68 Å². The van der Waals surface area contributed by atoms with Gasteiger partial charge in [-0.15, -0.1) is 0 Å². The largest absolute Gasteiger partial charge is 0.380 e. The quantitative estimate of drug-likeness (QED) is 0.924. The Labute approximate surface area is 111 Å². The lowest BCUT2D eigenvalue weighted by Crippen LogP contribution is -2.10. The van der Waals surface area contributed by atoms with E-state index in [2.05, 4.69) is 17.0 Å². The van der Waals surface area contributed by atoms with E-state index in [0.717, 1.165) is 18.7 Å². The van der Waals surface area contributed by atoms with Crippen molar-refractivity contribution in [1.82, 2.24) is 19.3 Å². The van der Waals surface area contributed by atoms with Crippen LogP contribution in [0, 0.1) is 6.92 Å². The third-order valence-corrected chi connectivity index (χ3v) is 3.37. The van der Waals surface area contributed by atoms with Crippen LogP contribution >= 0.6 is 11.6 Å². The van der Waals surface area contributed by atoms with Crippen molar-refractivity contribution in [3.63, 3.8) is 0 Å². The Morgan fingerprint density at radius 1 is 1.50 bits per heavy atom. The second-order valence-electron chi connectivity index (χ2n) is 4.29. The maximum absolute atomic E-state index is 10.4. The van der Waals surface area contributed by atoms with Crippen LogP contribution in [0.1, 0.15) is 36.5 Å². The Bertz CT molecular complexity index is 546.